The standard InChI is InChI=1S/C4H4O4.BrH/c5-3(6)1-2-4(7)8;/h1-2H,(H,5,6)(H,7,8);1H/b2-1-;. The fraction of sp³-hybridized carbons (Fsp3) is 0. The van der Waals surface area contributed by atoms with Crippen LogP contribution < -0.4 is 0 Å². The Morgan fingerprint density at radius 3 is 1.33 bits per heavy atom. The lowest BCUT2D eigenvalue weighted by Gasteiger charge is -1.74. The monoisotopic (exact) mass is 196 g/mol. The van der Waals surface area contributed by atoms with Gasteiger partial charge in [0, 0.05) is 12.2 Å². The van der Waals surface area contributed by atoms with Crippen LogP contribution in [0.5, 0.6) is 0 Å². The minimum Gasteiger partial charge on any atom is -0.478 e. The summed E-state index contributed by atoms with van der Waals surface area (Å²) in [4.78, 5) is 19.1. The molecule has 52 valence electrons. The van der Waals surface area contributed by atoms with E-state index in [0.717, 1.165) is 0 Å². The molecular weight excluding hydrogens is 192 g/mol. The third-order valence-corrected chi connectivity index (χ3v) is 0.368. The molecule has 0 fully saturated rings. The summed E-state index contributed by atoms with van der Waals surface area (Å²) in [5, 5.41) is 15.6. The lowest BCUT2D eigenvalue weighted by atomic mass is 10.5. The summed E-state index contributed by atoms with van der Waals surface area (Å²) in [6.45, 7) is 0. The predicted octanol–water partition coefficient (Wildman–Crippen LogP) is 0.290. The number of carboxylic acids is 2. The third-order valence-electron chi connectivity index (χ3n) is 0.368. The highest BCUT2D eigenvalue weighted by Gasteiger charge is 1.88. The number of rotatable bonds is 2. The van der Waals surface area contributed by atoms with Crippen LogP contribution in [0.25, 0.3) is 0 Å². The lowest BCUT2D eigenvalue weighted by Crippen LogP contribution is -1.91. The minimum atomic E-state index is -1.26. The van der Waals surface area contributed by atoms with Crippen molar-refractivity contribution in [3.63, 3.8) is 0 Å². The third kappa shape index (κ3) is 11.0. The molecule has 2 N–H and O–H groups in total. The maximum absolute atomic E-state index is 9.55. The minimum absolute atomic E-state index is 0. The van der Waals surface area contributed by atoms with E-state index in [0.29, 0.717) is 12.2 Å². The molecule has 0 aliphatic carbocycles. The summed E-state index contributed by atoms with van der Waals surface area (Å²) >= 11 is 0. The molecule has 4 nitrogen and oxygen atoms in total. The highest BCUT2D eigenvalue weighted by molar-refractivity contribution is 8.93. The Bertz CT molecular complexity index is 124. The molecule has 0 atom stereocenters. The Hall–Kier alpha value is -0.840. The van der Waals surface area contributed by atoms with E-state index in [1.165, 1.54) is 0 Å². The Morgan fingerprint density at radius 1 is 1.00 bits per heavy atom. The van der Waals surface area contributed by atoms with Gasteiger partial charge in [0.05, 0.1) is 0 Å². The summed E-state index contributed by atoms with van der Waals surface area (Å²) in [6.07, 6.45) is 1.12. The highest BCUT2D eigenvalue weighted by atomic mass is 79.9. The zero-order chi connectivity index (χ0) is 6.57. The van der Waals surface area contributed by atoms with Gasteiger partial charge in [0.25, 0.3) is 0 Å². The van der Waals surface area contributed by atoms with Gasteiger partial charge in [0.2, 0.25) is 0 Å². The van der Waals surface area contributed by atoms with Crippen molar-refractivity contribution < 1.29 is 19.8 Å². The van der Waals surface area contributed by atoms with Gasteiger partial charge in [-0.25, -0.2) is 9.59 Å². The maximum atomic E-state index is 9.55. The summed E-state index contributed by atoms with van der Waals surface area (Å²) < 4.78 is 0. The molecule has 0 rings (SSSR count). The fourth-order valence-electron chi connectivity index (χ4n) is 0.143. The molecule has 0 heterocycles. The molecule has 0 aliphatic rings. The summed E-state index contributed by atoms with van der Waals surface area (Å²) in [5.41, 5.74) is 0. The molecule has 0 aromatic rings. The largest absolute Gasteiger partial charge is 0.478 e. The molecule has 0 saturated carbocycles. The van der Waals surface area contributed by atoms with Gasteiger partial charge in [-0.2, -0.15) is 0 Å². The van der Waals surface area contributed by atoms with E-state index < -0.39 is 11.9 Å². The Labute approximate surface area is 61.6 Å². The van der Waals surface area contributed by atoms with Crippen molar-refractivity contribution >= 4 is 28.9 Å². The number of carboxylic acid groups (broad SMARTS) is 2. The average Bonchev–Trinajstić information content (AvgIpc) is 1.61. The fourth-order valence-corrected chi connectivity index (χ4v) is 0.143. The predicted molar refractivity (Wildman–Crippen MR) is 34.7 cm³/mol. The van der Waals surface area contributed by atoms with Crippen LogP contribution in [0.3, 0.4) is 0 Å². The molecule has 0 unspecified atom stereocenters. The number of aliphatic carboxylic acids is 2. The molecule has 5 heteroatoms. The Kier molecular flexibility index (Phi) is 6.49. The second-order valence-corrected chi connectivity index (χ2v) is 1.01. The van der Waals surface area contributed by atoms with Crippen LogP contribution in [0.2, 0.25) is 0 Å². The second kappa shape index (κ2) is 5.30. The molecular formula is C4H5BrO4. The van der Waals surface area contributed by atoms with E-state index >= 15 is 0 Å². The molecule has 0 aliphatic heterocycles. The Balaban J connectivity index is 0. The molecule has 9 heavy (non-hydrogen) atoms. The van der Waals surface area contributed by atoms with Crippen molar-refractivity contribution in [1.82, 2.24) is 0 Å². The normalized spacial score (nSPS) is 8.44. The van der Waals surface area contributed by atoms with Crippen molar-refractivity contribution in [2.24, 2.45) is 0 Å². The maximum Gasteiger partial charge on any atom is 0.328 e. The van der Waals surface area contributed by atoms with Crippen LogP contribution in [0.15, 0.2) is 12.2 Å². The van der Waals surface area contributed by atoms with Gasteiger partial charge in [-0.3, -0.25) is 0 Å². The van der Waals surface area contributed by atoms with Crippen molar-refractivity contribution in [3.8, 4) is 0 Å². The van der Waals surface area contributed by atoms with Crippen molar-refractivity contribution in [3.05, 3.63) is 12.2 Å². The number of hydrogen-bond acceptors (Lipinski definition) is 2. The highest BCUT2D eigenvalue weighted by Crippen LogP contribution is 1.70. The van der Waals surface area contributed by atoms with E-state index in [-0.39, 0.29) is 17.0 Å². The van der Waals surface area contributed by atoms with E-state index in [4.69, 9.17) is 10.2 Å². The lowest BCUT2D eigenvalue weighted by molar-refractivity contribution is -0.134. The first-order valence-corrected chi connectivity index (χ1v) is 1.77. The average molecular weight is 197 g/mol. The molecule has 0 bridgehead atoms. The van der Waals surface area contributed by atoms with E-state index in [2.05, 4.69) is 0 Å². The van der Waals surface area contributed by atoms with Gasteiger partial charge < -0.3 is 10.2 Å². The summed E-state index contributed by atoms with van der Waals surface area (Å²) in [6, 6.07) is 0. The molecule has 0 spiro atoms. The van der Waals surface area contributed by atoms with Gasteiger partial charge in [0.15, 0.2) is 0 Å². The van der Waals surface area contributed by atoms with Gasteiger partial charge in [-0.15, -0.1) is 17.0 Å². The summed E-state index contributed by atoms with van der Waals surface area (Å²) in [5.74, 6) is -2.51. The molecule has 0 aromatic heterocycles. The first-order chi connectivity index (χ1) is 3.63. The van der Waals surface area contributed by atoms with Gasteiger partial charge in [0.1, 0.15) is 0 Å². The quantitative estimate of drug-likeness (QED) is 0.623. The van der Waals surface area contributed by atoms with E-state index in [1.54, 1.807) is 0 Å². The number of hydrogen-bond donors (Lipinski definition) is 2. The molecule has 0 saturated heterocycles. The van der Waals surface area contributed by atoms with Crippen molar-refractivity contribution in [1.29, 1.82) is 0 Å². The van der Waals surface area contributed by atoms with Crippen LogP contribution in [-0.4, -0.2) is 22.2 Å². The van der Waals surface area contributed by atoms with Crippen LogP contribution >= 0.6 is 17.0 Å². The van der Waals surface area contributed by atoms with Gasteiger partial charge in [-0.1, -0.05) is 0 Å². The zero-order valence-electron chi connectivity index (χ0n) is 4.27. The Morgan fingerprint density at radius 2 is 1.22 bits per heavy atom. The number of halogens is 1. The van der Waals surface area contributed by atoms with Crippen LogP contribution in [0.4, 0.5) is 0 Å². The molecule has 0 aromatic carbocycles. The van der Waals surface area contributed by atoms with E-state index in [9.17, 15) is 9.59 Å². The van der Waals surface area contributed by atoms with Crippen LogP contribution in [0, 0.1) is 0 Å². The van der Waals surface area contributed by atoms with Gasteiger partial charge >= 0.3 is 11.9 Å². The topological polar surface area (TPSA) is 74.6 Å². The summed E-state index contributed by atoms with van der Waals surface area (Å²) in [7, 11) is 0. The molecule has 0 amide bonds. The van der Waals surface area contributed by atoms with Gasteiger partial charge in [-0.05, 0) is 0 Å². The zero-order valence-corrected chi connectivity index (χ0v) is 5.99. The second-order valence-electron chi connectivity index (χ2n) is 1.01. The van der Waals surface area contributed by atoms with Crippen LogP contribution in [0.1, 0.15) is 0 Å². The van der Waals surface area contributed by atoms with Crippen molar-refractivity contribution in [2.45, 2.75) is 0 Å². The first-order valence-electron chi connectivity index (χ1n) is 1.77. The molecule has 0 radical (unpaired) electrons. The van der Waals surface area contributed by atoms with Crippen molar-refractivity contribution in [2.75, 3.05) is 0 Å². The smallest absolute Gasteiger partial charge is 0.328 e. The number of carbonyl (C=O) groups is 2. The van der Waals surface area contributed by atoms with Crippen LogP contribution in [-0.2, 0) is 9.59 Å². The first kappa shape index (κ1) is 11.0. The SMILES string of the molecule is Br.O=C(O)/C=C\C(=O)O. The van der Waals surface area contributed by atoms with E-state index in [1.807, 2.05) is 0 Å².